The monoisotopic (exact) mass is 235 g/mol. The van der Waals surface area contributed by atoms with Crippen LogP contribution in [0.2, 0.25) is 0 Å². The van der Waals surface area contributed by atoms with Gasteiger partial charge in [0.15, 0.2) is 0 Å². The highest BCUT2D eigenvalue weighted by Gasteiger charge is 2.11. The molecule has 0 aromatic heterocycles. The van der Waals surface area contributed by atoms with Gasteiger partial charge in [0, 0.05) is 11.6 Å². The molecule has 2 heteroatoms. The lowest BCUT2D eigenvalue weighted by atomic mass is 10.0. The summed E-state index contributed by atoms with van der Waals surface area (Å²) in [5, 5.41) is 3.60. The van der Waals surface area contributed by atoms with Crippen molar-refractivity contribution in [1.82, 2.24) is 5.32 Å². The van der Waals surface area contributed by atoms with Crippen LogP contribution in [-0.4, -0.2) is 13.7 Å². The van der Waals surface area contributed by atoms with Crippen LogP contribution in [0.4, 0.5) is 0 Å². The summed E-state index contributed by atoms with van der Waals surface area (Å²) >= 11 is 0. The van der Waals surface area contributed by atoms with E-state index in [0.29, 0.717) is 6.04 Å². The van der Waals surface area contributed by atoms with Crippen molar-refractivity contribution in [3.8, 4) is 5.75 Å². The minimum absolute atomic E-state index is 0.340. The first-order valence-electron chi connectivity index (χ1n) is 6.59. The third-order valence-corrected chi connectivity index (χ3v) is 3.47. The molecule has 1 aromatic rings. The van der Waals surface area contributed by atoms with E-state index in [9.17, 15) is 0 Å². The van der Waals surface area contributed by atoms with Crippen LogP contribution in [-0.2, 0) is 0 Å². The van der Waals surface area contributed by atoms with E-state index < -0.39 is 0 Å². The molecular weight excluding hydrogens is 210 g/mol. The summed E-state index contributed by atoms with van der Waals surface area (Å²) in [6.07, 6.45) is 2.48. The molecule has 1 rings (SSSR count). The van der Waals surface area contributed by atoms with Crippen LogP contribution < -0.4 is 10.1 Å². The topological polar surface area (TPSA) is 21.3 Å². The molecular formula is C15H25NO. The Bertz CT molecular complexity index is 320. The molecule has 0 heterocycles. The van der Waals surface area contributed by atoms with Gasteiger partial charge in [0.05, 0.1) is 7.11 Å². The third-order valence-electron chi connectivity index (χ3n) is 3.47. The van der Waals surface area contributed by atoms with Gasteiger partial charge < -0.3 is 10.1 Å². The number of ether oxygens (including phenoxy) is 1. The van der Waals surface area contributed by atoms with Crippen molar-refractivity contribution >= 4 is 0 Å². The van der Waals surface area contributed by atoms with Gasteiger partial charge in [0.1, 0.15) is 5.75 Å². The van der Waals surface area contributed by atoms with Gasteiger partial charge in [-0.2, -0.15) is 0 Å². The Kier molecular flexibility index (Phi) is 6.06. The van der Waals surface area contributed by atoms with Crippen molar-refractivity contribution in [2.75, 3.05) is 13.7 Å². The van der Waals surface area contributed by atoms with Crippen molar-refractivity contribution in [3.05, 3.63) is 29.8 Å². The second kappa shape index (κ2) is 7.33. The van der Waals surface area contributed by atoms with Gasteiger partial charge in [0.2, 0.25) is 0 Å². The molecule has 0 radical (unpaired) electrons. The molecule has 0 saturated carbocycles. The van der Waals surface area contributed by atoms with Crippen molar-refractivity contribution in [2.24, 2.45) is 5.92 Å². The lowest BCUT2D eigenvalue weighted by Gasteiger charge is -2.20. The van der Waals surface area contributed by atoms with Crippen LogP contribution >= 0.6 is 0 Å². The van der Waals surface area contributed by atoms with Crippen LogP contribution in [0.3, 0.4) is 0 Å². The fraction of sp³-hybridized carbons (Fsp3) is 0.600. The number of hydrogen-bond donors (Lipinski definition) is 1. The predicted octanol–water partition coefficient (Wildman–Crippen LogP) is 3.78. The van der Waals surface area contributed by atoms with Crippen LogP contribution in [0, 0.1) is 5.92 Å². The average Bonchev–Trinajstić information content (AvgIpc) is 2.39. The molecule has 0 aliphatic carbocycles. The van der Waals surface area contributed by atoms with Gasteiger partial charge in [-0.1, -0.05) is 44.9 Å². The van der Waals surface area contributed by atoms with Crippen molar-refractivity contribution in [1.29, 1.82) is 0 Å². The smallest absolute Gasteiger partial charge is 0.123 e. The summed E-state index contributed by atoms with van der Waals surface area (Å²) in [6, 6.07) is 8.56. The minimum atomic E-state index is 0.340. The van der Waals surface area contributed by atoms with Crippen LogP contribution in [0.15, 0.2) is 24.3 Å². The molecule has 0 aliphatic heterocycles. The normalized spacial score (nSPS) is 12.8. The van der Waals surface area contributed by atoms with Crippen molar-refractivity contribution in [3.63, 3.8) is 0 Å². The minimum Gasteiger partial charge on any atom is -0.496 e. The van der Waals surface area contributed by atoms with E-state index in [1.165, 1.54) is 18.4 Å². The molecule has 1 atom stereocenters. The van der Waals surface area contributed by atoms with Gasteiger partial charge in [-0.05, 0) is 25.5 Å². The van der Waals surface area contributed by atoms with Crippen LogP contribution in [0.1, 0.15) is 45.2 Å². The Labute approximate surface area is 105 Å². The van der Waals surface area contributed by atoms with Gasteiger partial charge in [-0.25, -0.2) is 0 Å². The number of benzene rings is 1. The first kappa shape index (κ1) is 14.0. The van der Waals surface area contributed by atoms with E-state index in [2.05, 4.69) is 38.2 Å². The summed E-state index contributed by atoms with van der Waals surface area (Å²) in [7, 11) is 1.73. The molecule has 17 heavy (non-hydrogen) atoms. The summed E-state index contributed by atoms with van der Waals surface area (Å²) in [5.41, 5.74) is 1.24. The largest absolute Gasteiger partial charge is 0.496 e. The molecule has 0 unspecified atom stereocenters. The lowest BCUT2D eigenvalue weighted by Crippen LogP contribution is -2.25. The second-order valence-corrected chi connectivity index (χ2v) is 4.55. The molecule has 0 aliphatic rings. The number of nitrogens with one attached hydrogen (secondary N) is 1. The van der Waals surface area contributed by atoms with Crippen LogP contribution in [0.5, 0.6) is 5.75 Å². The lowest BCUT2D eigenvalue weighted by molar-refractivity contribution is 0.389. The molecule has 1 N–H and O–H groups in total. The summed E-state index contributed by atoms with van der Waals surface area (Å²) in [5.74, 6) is 1.74. The zero-order valence-electron chi connectivity index (χ0n) is 11.5. The third kappa shape index (κ3) is 4.04. The molecule has 0 saturated heterocycles. The van der Waals surface area contributed by atoms with E-state index in [4.69, 9.17) is 4.74 Å². The van der Waals surface area contributed by atoms with E-state index in [-0.39, 0.29) is 0 Å². The molecule has 0 bridgehead atoms. The number of para-hydroxylation sites is 1. The average molecular weight is 235 g/mol. The van der Waals surface area contributed by atoms with Gasteiger partial charge in [-0.15, -0.1) is 0 Å². The fourth-order valence-corrected chi connectivity index (χ4v) is 2.05. The Morgan fingerprint density at radius 1 is 1.18 bits per heavy atom. The standard InChI is InChI=1S/C15H25NO/c1-5-13(6-2)11-16-12(3)14-9-7-8-10-15(14)17-4/h7-10,12-13,16H,5-6,11H2,1-4H3/t12-/m0/s1. The van der Waals surface area contributed by atoms with E-state index in [1.54, 1.807) is 7.11 Å². The first-order valence-corrected chi connectivity index (χ1v) is 6.59. The SMILES string of the molecule is CCC(CC)CN[C@@H](C)c1ccccc1OC. The maximum absolute atomic E-state index is 5.39. The molecule has 1 aromatic carbocycles. The first-order chi connectivity index (χ1) is 8.22. The van der Waals surface area contributed by atoms with E-state index in [1.807, 2.05) is 12.1 Å². The Morgan fingerprint density at radius 3 is 2.41 bits per heavy atom. The Hall–Kier alpha value is -1.02. The highest BCUT2D eigenvalue weighted by atomic mass is 16.5. The Morgan fingerprint density at radius 2 is 1.82 bits per heavy atom. The van der Waals surface area contributed by atoms with Gasteiger partial charge in [-0.3, -0.25) is 0 Å². The van der Waals surface area contributed by atoms with Gasteiger partial charge >= 0.3 is 0 Å². The summed E-state index contributed by atoms with van der Waals surface area (Å²) in [6.45, 7) is 7.78. The molecule has 96 valence electrons. The predicted molar refractivity (Wildman–Crippen MR) is 73.5 cm³/mol. The van der Waals surface area contributed by atoms with Crippen molar-refractivity contribution < 1.29 is 4.74 Å². The number of methoxy groups -OCH3 is 1. The zero-order valence-corrected chi connectivity index (χ0v) is 11.5. The quantitative estimate of drug-likeness (QED) is 0.776. The maximum atomic E-state index is 5.39. The molecule has 0 spiro atoms. The zero-order chi connectivity index (χ0) is 12.7. The molecule has 2 nitrogen and oxygen atoms in total. The summed E-state index contributed by atoms with van der Waals surface area (Å²) < 4.78 is 5.39. The fourth-order valence-electron chi connectivity index (χ4n) is 2.05. The summed E-state index contributed by atoms with van der Waals surface area (Å²) in [4.78, 5) is 0. The van der Waals surface area contributed by atoms with E-state index >= 15 is 0 Å². The van der Waals surface area contributed by atoms with Crippen LogP contribution in [0.25, 0.3) is 0 Å². The second-order valence-electron chi connectivity index (χ2n) is 4.55. The number of rotatable bonds is 7. The Balaban J connectivity index is 2.60. The van der Waals surface area contributed by atoms with E-state index in [0.717, 1.165) is 18.2 Å². The highest BCUT2D eigenvalue weighted by Crippen LogP contribution is 2.24. The molecule has 0 fully saturated rings. The highest BCUT2D eigenvalue weighted by molar-refractivity contribution is 5.35. The maximum Gasteiger partial charge on any atom is 0.123 e. The van der Waals surface area contributed by atoms with Gasteiger partial charge in [0.25, 0.3) is 0 Å². The van der Waals surface area contributed by atoms with Crippen molar-refractivity contribution in [2.45, 2.75) is 39.7 Å². The molecule has 0 amide bonds. The number of hydrogen-bond acceptors (Lipinski definition) is 2.